The van der Waals surface area contributed by atoms with Crippen molar-refractivity contribution in [1.29, 1.82) is 0 Å². The first-order valence-corrected chi connectivity index (χ1v) is 12.0. The molecule has 5 nitrogen and oxygen atoms in total. The van der Waals surface area contributed by atoms with Gasteiger partial charge in [-0.25, -0.2) is 8.42 Å². The Morgan fingerprint density at radius 2 is 1.82 bits per heavy atom. The van der Waals surface area contributed by atoms with Gasteiger partial charge in [0.25, 0.3) is 0 Å². The van der Waals surface area contributed by atoms with Crippen molar-refractivity contribution in [2.24, 2.45) is 17.8 Å². The van der Waals surface area contributed by atoms with Crippen molar-refractivity contribution in [1.82, 2.24) is 5.32 Å². The molecule has 0 aromatic carbocycles. The van der Waals surface area contributed by atoms with Crippen LogP contribution in [0.2, 0.25) is 0 Å². The fourth-order valence-corrected chi connectivity index (χ4v) is 5.06. The zero-order valence-corrected chi connectivity index (χ0v) is 21.3. The summed E-state index contributed by atoms with van der Waals surface area (Å²) in [7, 11) is -4.37. The summed E-state index contributed by atoms with van der Waals surface area (Å²) in [6.45, 7) is 7.23. The summed E-state index contributed by atoms with van der Waals surface area (Å²) in [5, 5.41) is 2.68. The molecule has 0 aliphatic heterocycles. The van der Waals surface area contributed by atoms with Crippen LogP contribution in [0.15, 0.2) is 12.2 Å². The molecule has 0 saturated heterocycles. The van der Waals surface area contributed by atoms with Gasteiger partial charge in [-0.05, 0) is 44.9 Å². The van der Waals surface area contributed by atoms with Crippen LogP contribution in [-0.4, -0.2) is 30.2 Å². The summed E-state index contributed by atoms with van der Waals surface area (Å²) in [6, 6.07) is 0. The molecule has 2 atom stereocenters. The molecular weight excluding hydrogens is 385 g/mol. The molecule has 0 radical (unpaired) electrons. The SMILES string of the molecule is CCC(C/C=C/CCC(C)C(=O)NC(C)(C)CS(=O)(=O)[O-])C1CCCCC1.[Na+]. The molecular formula is C21H38NNaO4S. The Hall–Kier alpha value is 0.120. The summed E-state index contributed by atoms with van der Waals surface area (Å²) in [4.78, 5) is 12.2. The quantitative estimate of drug-likeness (QED) is 0.309. The van der Waals surface area contributed by atoms with E-state index in [0.717, 1.165) is 24.7 Å². The van der Waals surface area contributed by atoms with E-state index < -0.39 is 21.4 Å². The predicted molar refractivity (Wildman–Crippen MR) is 109 cm³/mol. The summed E-state index contributed by atoms with van der Waals surface area (Å²) in [6.07, 6.45) is 15.2. The predicted octanol–water partition coefficient (Wildman–Crippen LogP) is 1.40. The molecule has 158 valence electrons. The molecule has 28 heavy (non-hydrogen) atoms. The fraction of sp³-hybridized carbons (Fsp3) is 0.857. The molecule has 0 aromatic heterocycles. The van der Waals surface area contributed by atoms with E-state index in [0.29, 0.717) is 6.42 Å². The number of nitrogens with one attached hydrogen (secondary N) is 1. The van der Waals surface area contributed by atoms with Crippen molar-refractivity contribution < 1.29 is 47.3 Å². The second-order valence-electron chi connectivity index (χ2n) is 8.83. The molecule has 1 aliphatic carbocycles. The van der Waals surface area contributed by atoms with Crippen molar-refractivity contribution in [2.75, 3.05) is 5.75 Å². The smallest absolute Gasteiger partial charge is 0.748 e. The second-order valence-corrected chi connectivity index (χ2v) is 10.2. The molecule has 1 rings (SSSR count). The topological polar surface area (TPSA) is 86.3 Å². The number of carbonyl (C=O) groups excluding carboxylic acids is 1. The van der Waals surface area contributed by atoms with Gasteiger partial charge in [-0.1, -0.05) is 64.5 Å². The van der Waals surface area contributed by atoms with Crippen LogP contribution >= 0.6 is 0 Å². The van der Waals surface area contributed by atoms with E-state index in [-0.39, 0.29) is 41.4 Å². The summed E-state index contributed by atoms with van der Waals surface area (Å²) < 4.78 is 32.8. The van der Waals surface area contributed by atoms with Crippen molar-refractivity contribution in [3.63, 3.8) is 0 Å². The minimum Gasteiger partial charge on any atom is -0.748 e. The Morgan fingerprint density at radius 3 is 2.36 bits per heavy atom. The maximum absolute atomic E-state index is 12.2. The van der Waals surface area contributed by atoms with Crippen molar-refractivity contribution in [3.8, 4) is 0 Å². The standard InChI is InChI=1S/C21H39NO4S.Na/c1-5-18(19-14-10-7-11-15-19)13-9-6-8-12-17(2)20(23)22-21(3,4)16-27(24,25)26;/h6,9,17-19H,5,7-8,10-16H2,1-4H3,(H,22,23)(H,24,25,26);/q;+1/p-1/b9-6+;. The molecule has 1 N–H and O–H groups in total. The van der Waals surface area contributed by atoms with Gasteiger partial charge in [0.15, 0.2) is 0 Å². The van der Waals surface area contributed by atoms with E-state index in [1.165, 1.54) is 38.5 Å². The molecule has 1 amide bonds. The van der Waals surface area contributed by atoms with Crippen LogP contribution in [0.25, 0.3) is 0 Å². The number of carbonyl (C=O) groups is 1. The van der Waals surface area contributed by atoms with Crippen LogP contribution < -0.4 is 34.9 Å². The summed E-state index contributed by atoms with van der Waals surface area (Å²) >= 11 is 0. The van der Waals surface area contributed by atoms with E-state index in [1.807, 2.05) is 6.92 Å². The molecule has 0 heterocycles. The minimum atomic E-state index is -4.37. The van der Waals surface area contributed by atoms with E-state index in [2.05, 4.69) is 24.4 Å². The number of hydrogen-bond acceptors (Lipinski definition) is 4. The number of allylic oxidation sites excluding steroid dienone is 2. The van der Waals surface area contributed by atoms with Crippen LogP contribution in [0.3, 0.4) is 0 Å². The van der Waals surface area contributed by atoms with E-state index >= 15 is 0 Å². The van der Waals surface area contributed by atoms with E-state index in [9.17, 15) is 17.8 Å². The van der Waals surface area contributed by atoms with Gasteiger partial charge in [0.1, 0.15) is 0 Å². The first kappa shape index (κ1) is 28.1. The van der Waals surface area contributed by atoms with Crippen molar-refractivity contribution in [2.45, 2.75) is 91.0 Å². The third kappa shape index (κ3) is 12.0. The van der Waals surface area contributed by atoms with Gasteiger partial charge >= 0.3 is 29.6 Å². The number of amides is 1. The second kappa shape index (κ2) is 13.4. The van der Waals surface area contributed by atoms with Crippen molar-refractivity contribution in [3.05, 3.63) is 12.2 Å². The molecule has 1 aliphatic rings. The zero-order chi connectivity index (χ0) is 20.5. The average Bonchev–Trinajstić information content (AvgIpc) is 2.56. The minimum absolute atomic E-state index is 0. The van der Waals surface area contributed by atoms with E-state index in [4.69, 9.17) is 0 Å². The molecule has 1 saturated carbocycles. The Balaban J connectivity index is 0.00000729. The van der Waals surface area contributed by atoms with Crippen LogP contribution in [0.5, 0.6) is 0 Å². The molecule has 1 fully saturated rings. The largest absolute Gasteiger partial charge is 1.00 e. The van der Waals surface area contributed by atoms with Gasteiger partial charge in [-0.15, -0.1) is 0 Å². The van der Waals surface area contributed by atoms with Gasteiger partial charge < -0.3 is 9.87 Å². The van der Waals surface area contributed by atoms with Crippen molar-refractivity contribution >= 4 is 16.0 Å². The third-order valence-electron chi connectivity index (χ3n) is 5.66. The maximum atomic E-state index is 12.2. The Kier molecular flexibility index (Phi) is 13.5. The van der Waals surface area contributed by atoms with Gasteiger partial charge in [-0.2, -0.15) is 0 Å². The van der Waals surface area contributed by atoms with Crippen LogP contribution in [-0.2, 0) is 14.9 Å². The van der Waals surface area contributed by atoms with Gasteiger partial charge in [0.05, 0.1) is 15.9 Å². The van der Waals surface area contributed by atoms with Crippen LogP contribution in [0, 0.1) is 17.8 Å². The first-order chi connectivity index (χ1) is 12.5. The van der Waals surface area contributed by atoms with Gasteiger partial charge in [-0.3, -0.25) is 4.79 Å². The molecule has 0 aromatic rings. The molecule has 7 heteroatoms. The third-order valence-corrected chi connectivity index (χ3v) is 6.73. The number of hydrogen-bond donors (Lipinski definition) is 1. The zero-order valence-electron chi connectivity index (χ0n) is 18.5. The van der Waals surface area contributed by atoms with Crippen LogP contribution in [0.4, 0.5) is 0 Å². The molecule has 0 spiro atoms. The monoisotopic (exact) mass is 423 g/mol. The van der Waals surface area contributed by atoms with Crippen LogP contribution in [0.1, 0.15) is 85.5 Å². The van der Waals surface area contributed by atoms with Gasteiger partial charge in [0, 0.05) is 11.5 Å². The molecule has 2 unspecified atom stereocenters. The normalized spacial score (nSPS) is 18.5. The summed E-state index contributed by atoms with van der Waals surface area (Å²) in [5.74, 6) is 0.627. The summed E-state index contributed by atoms with van der Waals surface area (Å²) in [5.41, 5.74) is -1.05. The number of rotatable bonds is 11. The Morgan fingerprint density at radius 1 is 1.21 bits per heavy atom. The Bertz CT molecular complexity index is 583. The fourth-order valence-electron chi connectivity index (χ4n) is 4.10. The molecule has 0 bridgehead atoms. The van der Waals surface area contributed by atoms with Gasteiger partial charge in [0.2, 0.25) is 5.91 Å². The first-order valence-electron chi connectivity index (χ1n) is 10.4. The average molecular weight is 424 g/mol. The van der Waals surface area contributed by atoms with E-state index in [1.54, 1.807) is 13.8 Å². The maximum Gasteiger partial charge on any atom is 1.00 e. The Labute approximate surface area is 194 Å².